The molecule has 0 aromatic heterocycles. The molecule has 0 spiro atoms. The summed E-state index contributed by atoms with van der Waals surface area (Å²) in [4.78, 5) is 14.4. The highest BCUT2D eigenvalue weighted by molar-refractivity contribution is 7.86. The van der Waals surface area contributed by atoms with Gasteiger partial charge in [-0.2, -0.15) is 8.42 Å². The number of allylic oxidation sites excluding steroid dienone is 2. The minimum Gasteiger partial charge on any atom is -0.444 e. The van der Waals surface area contributed by atoms with Crippen LogP contribution in [-0.2, 0) is 19.0 Å². The summed E-state index contributed by atoms with van der Waals surface area (Å²) in [5.74, 6) is 0.533. The van der Waals surface area contributed by atoms with Crippen molar-refractivity contribution in [3.05, 3.63) is 63.8 Å². The Hall–Kier alpha value is -2.29. The van der Waals surface area contributed by atoms with E-state index in [1.54, 1.807) is 4.90 Å². The molecule has 9 heteroatoms. The largest absolute Gasteiger partial charge is 0.444 e. The fraction of sp³-hybridized carbons (Fsp3) is 0.536. The van der Waals surface area contributed by atoms with Crippen LogP contribution in [0.4, 0.5) is 4.79 Å². The number of carbonyl (C=O) groups is 1. The standard InChI is InChI=1S/C28H39ClN2O5S/c1-28(2,3)36-27(32)31-14-11-20(12-15-31)26-18-21(8-6-5-7-13-30)23(19-35-37(4,33)34)16-22-17-24(29)9-10-25(22)26/h7-10,13,16-17,20,26H,5-6,11-12,14-15,18-19,30H2,1-4H3/b13-7-,21-8+. The number of rotatable bonds is 7. The Morgan fingerprint density at radius 2 is 1.92 bits per heavy atom. The first-order chi connectivity index (χ1) is 17.4. The SMILES string of the molecule is CC(C)(C)OC(=O)N1CCC(C2C/C(=C\CC/C=C\N)C(COS(C)(=O)=O)=Cc3cc(Cl)ccc32)CC1. The van der Waals surface area contributed by atoms with Crippen LogP contribution in [0.25, 0.3) is 6.08 Å². The molecule has 7 nitrogen and oxygen atoms in total. The van der Waals surface area contributed by atoms with Crippen molar-refractivity contribution < 1.29 is 22.1 Å². The third kappa shape index (κ3) is 8.90. The first-order valence-electron chi connectivity index (χ1n) is 12.7. The van der Waals surface area contributed by atoms with Crippen molar-refractivity contribution in [2.24, 2.45) is 11.7 Å². The van der Waals surface area contributed by atoms with Gasteiger partial charge in [0, 0.05) is 18.1 Å². The maximum Gasteiger partial charge on any atom is 0.410 e. The molecule has 37 heavy (non-hydrogen) atoms. The second-order valence-corrected chi connectivity index (χ2v) is 12.8. The fourth-order valence-corrected chi connectivity index (χ4v) is 5.49. The van der Waals surface area contributed by atoms with Gasteiger partial charge in [0.25, 0.3) is 10.1 Å². The van der Waals surface area contributed by atoms with Gasteiger partial charge in [-0.05, 0) is 111 Å². The van der Waals surface area contributed by atoms with Crippen LogP contribution >= 0.6 is 11.6 Å². The lowest BCUT2D eigenvalue weighted by atomic mass is 9.76. The summed E-state index contributed by atoms with van der Waals surface area (Å²) in [6.45, 7) is 6.86. The van der Waals surface area contributed by atoms with Crippen LogP contribution in [-0.4, -0.2) is 51.0 Å². The van der Waals surface area contributed by atoms with Gasteiger partial charge < -0.3 is 15.4 Å². The maximum absolute atomic E-state index is 12.6. The number of fused-ring (bicyclic) bond motifs is 1. The Bertz CT molecular complexity index is 1160. The molecule has 3 rings (SSSR count). The molecule has 2 aliphatic rings. The number of hydrogen-bond donors (Lipinski definition) is 1. The minimum atomic E-state index is -3.61. The Kier molecular flexibility index (Phi) is 9.89. The van der Waals surface area contributed by atoms with Crippen molar-refractivity contribution in [1.82, 2.24) is 4.90 Å². The molecule has 2 N–H and O–H groups in total. The van der Waals surface area contributed by atoms with E-state index in [9.17, 15) is 13.2 Å². The van der Waals surface area contributed by atoms with Crippen LogP contribution < -0.4 is 5.73 Å². The smallest absolute Gasteiger partial charge is 0.410 e. The van der Waals surface area contributed by atoms with Gasteiger partial charge in [0.2, 0.25) is 0 Å². The number of benzene rings is 1. The molecule has 1 aromatic carbocycles. The van der Waals surface area contributed by atoms with Crippen LogP contribution in [0, 0.1) is 5.92 Å². The minimum absolute atomic E-state index is 0.0346. The summed E-state index contributed by atoms with van der Waals surface area (Å²) in [7, 11) is -3.61. The number of ether oxygens (including phenoxy) is 1. The number of piperidine rings is 1. The summed E-state index contributed by atoms with van der Waals surface area (Å²) in [6, 6.07) is 5.92. The average Bonchev–Trinajstić information content (AvgIpc) is 2.95. The molecule has 1 aliphatic carbocycles. The second-order valence-electron chi connectivity index (χ2n) is 10.8. The Labute approximate surface area is 226 Å². The van der Waals surface area contributed by atoms with E-state index < -0.39 is 15.7 Å². The fourth-order valence-electron chi connectivity index (χ4n) is 4.97. The highest BCUT2D eigenvalue weighted by Crippen LogP contribution is 2.44. The summed E-state index contributed by atoms with van der Waals surface area (Å²) >= 11 is 6.37. The van der Waals surface area contributed by atoms with Crippen LogP contribution in [0.3, 0.4) is 0 Å². The lowest BCUT2D eigenvalue weighted by molar-refractivity contribution is 0.0173. The predicted octanol–water partition coefficient (Wildman–Crippen LogP) is 6.01. The van der Waals surface area contributed by atoms with Crippen LogP contribution in [0.2, 0.25) is 5.02 Å². The lowest BCUT2D eigenvalue weighted by Gasteiger charge is -2.37. The third-order valence-electron chi connectivity index (χ3n) is 6.68. The van der Waals surface area contributed by atoms with Crippen molar-refractivity contribution >= 4 is 33.9 Å². The van der Waals surface area contributed by atoms with Crippen molar-refractivity contribution in [1.29, 1.82) is 0 Å². The van der Waals surface area contributed by atoms with Crippen molar-refractivity contribution in [2.75, 3.05) is 26.0 Å². The molecule has 1 atom stereocenters. The lowest BCUT2D eigenvalue weighted by Crippen LogP contribution is -2.42. The molecule has 1 unspecified atom stereocenters. The van der Waals surface area contributed by atoms with E-state index in [2.05, 4.69) is 12.1 Å². The van der Waals surface area contributed by atoms with Gasteiger partial charge >= 0.3 is 6.09 Å². The zero-order valence-corrected chi connectivity index (χ0v) is 23.8. The quantitative estimate of drug-likeness (QED) is 0.329. The highest BCUT2D eigenvalue weighted by atomic mass is 35.5. The molecule has 1 aliphatic heterocycles. The summed E-state index contributed by atoms with van der Waals surface area (Å²) < 4.78 is 34.4. The topological polar surface area (TPSA) is 98.9 Å². The molecule has 1 amide bonds. The Morgan fingerprint density at radius 3 is 2.54 bits per heavy atom. The zero-order valence-electron chi connectivity index (χ0n) is 22.2. The van der Waals surface area contributed by atoms with E-state index in [0.717, 1.165) is 55.1 Å². The van der Waals surface area contributed by atoms with Gasteiger partial charge in [-0.15, -0.1) is 0 Å². The van der Waals surface area contributed by atoms with E-state index in [-0.39, 0.29) is 18.6 Å². The summed E-state index contributed by atoms with van der Waals surface area (Å²) in [5.41, 5.74) is 9.04. The van der Waals surface area contributed by atoms with Gasteiger partial charge in [-0.1, -0.05) is 29.8 Å². The second kappa shape index (κ2) is 12.5. The van der Waals surface area contributed by atoms with Gasteiger partial charge in [-0.25, -0.2) is 4.79 Å². The van der Waals surface area contributed by atoms with E-state index >= 15 is 0 Å². The van der Waals surface area contributed by atoms with E-state index in [1.165, 1.54) is 11.8 Å². The van der Waals surface area contributed by atoms with Crippen LogP contribution in [0.15, 0.2) is 47.7 Å². The van der Waals surface area contributed by atoms with Crippen LogP contribution in [0.1, 0.15) is 69.9 Å². The number of unbranched alkanes of at least 4 members (excludes halogenated alkanes) is 1. The number of halogens is 1. The molecule has 1 saturated heterocycles. The Morgan fingerprint density at radius 1 is 1.22 bits per heavy atom. The molecular formula is C28H39ClN2O5S. The third-order valence-corrected chi connectivity index (χ3v) is 7.46. The normalized spacial score (nSPS) is 20.6. The van der Waals surface area contributed by atoms with Gasteiger partial charge in [0.1, 0.15) is 5.60 Å². The molecular weight excluding hydrogens is 512 g/mol. The molecule has 1 aromatic rings. The maximum atomic E-state index is 12.6. The summed E-state index contributed by atoms with van der Waals surface area (Å²) in [5, 5.41) is 0.623. The van der Waals surface area contributed by atoms with E-state index in [4.69, 9.17) is 26.3 Å². The summed E-state index contributed by atoms with van der Waals surface area (Å²) in [6.07, 6.45) is 12.4. The Balaban J connectivity index is 1.89. The average molecular weight is 551 g/mol. The number of nitrogens with zero attached hydrogens (tertiary/aromatic N) is 1. The first-order valence-corrected chi connectivity index (χ1v) is 14.9. The number of carbonyl (C=O) groups excluding carboxylic acids is 1. The predicted molar refractivity (Wildman–Crippen MR) is 149 cm³/mol. The van der Waals surface area contributed by atoms with E-state index in [1.807, 2.05) is 45.1 Å². The molecule has 0 saturated carbocycles. The van der Waals surface area contributed by atoms with Crippen molar-refractivity contribution in [3.63, 3.8) is 0 Å². The van der Waals surface area contributed by atoms with Crippen molar-refractivity contribution in [2.45, 2.75) is 64.4 Å². The number of amides is 1. The van der Waals surface area contributed by atoms with Gasteiger partial charge in [0.05, 0.1) is 12.9 Å². The van der Waals surface area contributed by atoms with Gasteiger partial charge in [0.15, 0.2) is 0 Å². The van der Waals surface area contributed by atoms with Gasteiger partial charge in [-0.3, -0.25) is 4.18 Å². The first kappa shape index (κ1) is 29.3. The van der Waals surface area contributed by atoms with E-state index in [0.29, 0.717) is 24.0 Å². The zero-order chi connectivity index (χ0) is 27.2. The molecule has 0 bridgehead atoms. The molecule has 1 heterocycles. The highest BCUT2D eigenvalue weighted by Gasteiger charge is 2.34. The number of likely N-dealkylation sites (tertiary alicyclic amines) is 1. The van der Waals surface area contributed by atoms with Crippen LogP contribution in [0.5, 0.6) is 0 Å². The number of nitrogens with two attached hydrogens (primary N) is 1. The van der Waals surface area contributed by atoms with Crippen molar-refractivity contribution in [3.8, 4) is 0 Å². The molecule has 1 fully saturated rings. The monoisotopic (exact) mass is 550 g/mol. The number of hydrogen-bond acceptors (Lipinski definition) is 6. The molecule has 0 radical (unpaired) electrons. The molecule has 204 valence electrons.